The maximum Gasteiger partial charge on any atom is 0.472 e. The summed E-state index contributed by atoms with van der Waals surface area (Å²) in [5.41, 5.74) is 1.36. The summed E-state index contributed by atoms with van der Waals surface area (Å²) in [5, 5.41) is 0. The Hall–Kier alpha value is -0.573. The Bertz CT molecular complexity index is 352. The molecule has 2 nitrogen and oxygen atoms in total. The largest absolute Gasteiger partial charge is 0.524 e. The molecule has 1 unspecified atom stereocenters. The molecule has 0 aromatic heterocycles. The van der Waals surface area contributed by atoms with E-state index in [1.165, 1.54) is 76.2 Å². The molecule has 3 heteroatoms. The average molecular weight is 323 g/mol. The van der Waals surface area contributed by atoms with Crippen molar-refractivity contribution in [1.82, 2.24) is 0 Å². The molecule has 0 amide bonds. The van der Waals surface area contributed by atoms with E-state index in [2.05, 4.69) is 12.8 Å². The van der Waals surface area contributed by atoms with Gasteiger partial charge in [0.1, 0.15) is 6.10 Å². The Morgan fingerprint density at radius 1 is 1.00 bits per heavy atom. The van der Waals surface area contributed by atoms with Crippen LogP contribution in [-0.4, -0.2) is 27.8 Å². The Morgan fingerprint density at radius 2 is 1.55 bits per heavy atom. The minimum Gasteiger partial charge on any atom is -0.524 e. The second kappa shape index (κ2) is 9.54. The van der Waals surface area contributed by atoms with Crippen LogP contribution in [0.15, 0.2) is 12.2 Å². The van der Waals surface area contributed by atoms with Gasteiger partial charge in [0.25, 0.3) is 0 Å². The van der Waals surface area contributed by atoms with Crippen LogP contribution in [0.25, 0.3) is 0 Å². The molecule has 0 heterocycles. The van der Waals surface area contributed by atoms with Crippen LogP contribution in [-0.2, 0) is 8.85 Å². The van der Waals surface area contributed by atoms with Gasteiger partial charge in [-0.15, -0.1) is 0 Å². The van der Waals surface area contributed by atoms with E-state index in [9.17, 15) is 0 Å². The van der Waals surface area contributed by atoms with Crippen LogP contribution in [0, 0.1) is 11.8 Å². The van der Waals surface area contributed by atoms with E-state index >= 15 is 0 Å². The molecule has 0 bridgehead atoms. The minimum absolute atomic E-state index is 0.196. The van der Waals surface area contributed by atoms with Gasteiger partial charge < -0.3 is 8.85 Å². The topological polar surface area (TPSA) is 18.5 Å². The standard InChI is InChI=1S/C19H34O2Si/c1-4-20-22(3)21-19(18-14-10-7-11-15-18)16(2)17-12-8-5-6-9-13-17/h17-19H,2-15H2,1H3. The lowest BCUT2D eigenvalue weighted by Gasteiger charge is -2.35. The quantitative estimate of drug-likeness (QED) is 0.372. The van der Waals surface area contributed by atoms with E-state index in [0.29, 0.717) is 18.4 Å². The van der Waals surface area contributed by atoms with E-state index in [0.717, 1.165) is 0 Å². The first-order chi connectivity index (χ1) is 10.7. The van der Waals surface area contributed by atoms with Gasteiger partial charge in [0.05, 0.1) is 6.61 Å². The van der Waals surface area contributed by atoms with E-state index < -0.39 is 8.90 Å². The Morgan fingerprint density at radius 3 is 2.14 bits per heavy atom. The zero-order chi connectivity index (χ0) is 15.8. The fourth-order valence-electron chi connectivity index (χ4n) is 4.13. The normalized spacial score (nSPS) is 22.6. The summed E-state index contributed by atoms with van der Waals surface area (Å²) in [5.74, 6) is 1.30. The highest BCUT2D eigenvalue weighted by molar-refractivity contribution is 6.49. The highest BCUT2D eigenvalue weighted by atomic mass is 28.3. The average Bonchev–Trinajstić information content (AvgIpc) is 2.82. The fourth-order valence-corrected chi connectivity index (χ4v) is 5.15. The van der Waals surface area contributed by atoms with Gasteiger partial charge in [-0.3, -0.25) is 0 Å². The van der Waals surface area contributed by atoms with E-state index in [-0.39, 0.29) is 6.10 Å². The molecular formula is C19H34O2Si. The Balaban J connectivity index is 2.03. The minimum atomic E-state index is -1.39. The van der Waals surface area contributed by atoms with Gasteiger partial charge in [0.15, 0.2) is 0 Å². The first-order valence-electron chi connectivity index (χ1n) is 9.39. The van der Waals surface area contributed by atoms with E-state index in [1.54, 1.807) is 0 Å². The summed E-state index contributed by atoms with van der Waals surface area (Å²) in [6.07, 6.45) is 19.1. The highest BCUT2D eigenvalue weighted by Crippen LogP contribution is 2.37. The zero-order valence-electron chi connectivity index (χ0n) is 14.4. The zero-order valence-corrected chi connectivity index (χ0v) is 15.4. The molecule has 2 saturated carbocycles. The molecule has 2 aliphatic rings. The van der Waals surface area contributed by atoms with Crippen molar-refractivity contribution < 1.29 is 8.85 Å². The second-order valence-electron chi connectivity index (χ2n) is 7.00. The first-order valence-corrected chi connectivity index (χ1v) is 10.9. The molecular weight excluding hydrogens is 288 g/mol. The van der Waals surface area contributed by atoms with Crippen molar-refractivity contribution in [2.75, 3.05) is 6.61 Å². The maximum atomic E-state index is 6.36. The van der Waals surface area contributed by atoms with E-state index in [1.807, 2.05) is 6.92 Å². The molecule has 0 spiro atoms. The number of hydrogen-bond donors (Lipinski definition) is 0. The second-order valence-corrected chi connectivity index (χ2v) is 8.27. The van der Waals surface area contributed by atoms with Crippen molar-refractivity contribution in [3.05, 3.63) is 12.2 Å². The lowest BCUT2D eigenvalue weighted by molar-refractivity contribution is 0.101. The smallest absolute Gasteiger partial charge is 0.472 e. The van der Waals surface area contributed by atoms with Gasteiger partial charge in [0, 0.05) is 0 Å². The molecule has 126 valence electrons. The molecule has 2 fully saturated rings. The molecule has 2 aliphatic carbocycles. The SMILES string of the molecule is C=C(C1CCCCCC1)C(O[Si](=C)OCC)C1CCCCC1. The first kappa shape index (κ1) is 17.8. The van der Waals surface area contributed by atoms with Gasteiger partial charge in [-0.05, 0) is 56.2 Å². The van der Waals surface area contributed by atoms with Crippen LogP contribution in [0.2, 0.25) is 0 Å². The lowest BCUT2D eigenvalue weighted by atomic mass is 9.78. The monoisotopic (exact) mass is 322 g/mol. The lowest BCUT2D eigenvalue weighted by Crippen LogP contribution is -2.34. The van der Waals surface area contributed by atoms with Crippen molar-refractivity contribution in [2.45, 2.75) is 83.7 Å². The van der Waals surface area contributed by atoms with Gasteiger partial charge in [0.2, 0.25) is 0 Å². The van der Waals surface area contributed by atoms with Crippen molar-refractivity contribution in [2.24, 2.45) is 11.8 Å². The predicted octanol–water partition coefficient (Wildman–Crippen LogP) is 5.02. The molecule has 0 saturated heterocycles. The maximum absolute atomic E-state index is 6.36. The number of hydrogen-bond acceptors (Lipinski definition) is 2. The van der Waals surface area contributed by atoms with Gasteiger partial charge in [-0.25, -0.2) is 0 Å². The van der Waals surface area contributed by atoms with Crippen LogP contribution >= 0.6 is 0 Å². The summed E-state index contributed by atoms with van der Waals surface area (Å²) in [4.78, 5) is 0. The fraction of sp³-hybridized carbons (Fsp3) is 0.842. The molecule has 0 radical (unpaired) electrons. The van der Waals surface area contributed by atoms with Crippen molar-refractivity contribution >= 4 is 15.1 Å². The molecule has 2 rings (SSSR count). The molecule has 22 heavy (non-hydrogen) atoms. The van der Waals surface area contributed by atoms with Crippen LogP contribution in [0.3, 0.4) is 0 Å². The third kappa shape index (κ3) is 5.26. The Kier molecular flexibility index (Phi) is 7.71. The predicted molar refractivity (Wildman–Crippen MR) is 96.3 cm³/mol. The van der Waals surface area contributed by atoms with Crippen LogP contribution in [0.5, 0.6) is 0 Å². The third-order valence-electron chi connectivity index (χ3n) is 5.39. The summed E-state index contributed by atoms with van der Waals surface area (Å²) >= 11 is 0. The summed E-state index contributed by atoms with van der Waals surface area (Å²) in [6, 6.07) is 0. The van der Waals surface area contributed by atoms with E-state index in [4.69, 9.17) is 8.85 Å². The molecule has 0 aliphatic heterocycles. The van der Waals surface area contributed by atoms with Crippen LogP contribution in [0.4, 0.5) is 0 Å². The van der Waals surface area contributed by atoms with Crippen molar-refractivity contribution in [3.8, 4) is 0 Å². The van der Waals surface area contributed by atoms with Gasteiger partial charge in [-0.1, -0.05) is 51.5 Å². The molecule has 0 N–H and O–H groups in total. The number of rotatable bonds is 7. The molecule has 0 aromatic rings. The summed E-state index contributed by atoms with van der Waals surface area (Å²) < 4.78 is 12.0. The summed E-state index contributed by atoms with van der Waals surface area (Å²) in [7, 11) is -1.39. The third-order valence-corrected chi connectivity index (χ3v) is 6.51. The van der Waals surface area contributed by atoms with Crippen molar-refractivity contribution in [1.29, 1.82) is 0 Å². The van der Waals surface area contributed by atoms with Gasteiger partial charge in [-0.2, -0.15) is 0 Å². The Labute approximate surface area is 138 Å². The van der Waals surface area contributed by atoms with Crippen LogP contribution < -0.4 is 0 Å². The summed E-state index contributed by atoms with van der Waals surface area (Å²) in [6.45, 7) is 7.24. The highest BCUT2D eigenvalue weighted by Gasteiger charge is 2.31. The van der Waals surface area contributed by atoms with Gasteiger partial charge >= 0.3 is 8.90 Å². The van der Waals surface area contributed by atoms with Crippen molar-refractivity contribution in [3.63, 3.8) is 0 Å². The van der Waals surface area contributed by atoms with Crippen LogP contribution in [0.1, 0.15) is 77.6 Å². The molecule has 0 aromatic carbocycles. The molecule has 1 atom stereocenters.